The summed E-state index contributed by atoms with van der Waals surface area (Å²) in [6.45, 7) is 12.9. The van der Waals surface area contributed by atoms with E-state index >= 15 is 0 Å². The van der Waals surface area contributed by atoms with Gasteiger partial charge in [-0.15, -0.1) is 0 Å². The van der Waals surface area contributed by atoms with Gasteiger partial charge >= 0.3 is 0 Å². The second-order valence-corrected chi connectivity index (χ2v) is 8.38. The zero-order valence-electron chi connectivity index (χ0n) is 15.7. The first-order valence-electron chi connectivity index (χ1n) is 8.96. The zero-order valence-corrected chi connectivity index (χ0v) is 15.7. The molecule has 0 N–H and O–H groups in total. The lowest BCUT2D eigenvalue weighted by molar-refractivity contribution is -0.142. The minimum atomic E-state index is -0.242. The Bertz CT molecular complexity index is 502. The van der Waals surface area contributed by atoms with Gasteiger partial charge in [0.05, 0.1) is 5.92 Å². The van der Waals surface area contributed by atoms with E-state index in [9.17, 15) is 14.4 Å². The van der Waals surface area contributed by atoms with Crippen molar-refractivity contribution < 1.29 is 14.4 Å². The molecule has 1 atom stereocenters. The molecule has 0 aromatic heterocycles. The highest BCUT2D eigenvalue weighted by molar-refractivity contribution is 5.89. The molecule has 0 radical (unpaired) electrons. The second kappa shape index (κ2) is 7.11. The number of likely N-dealkylation sites (tertiary alicyclic amines) is 1. The number of rotatable bonds is 3. The lowest BCUT2D eigenvalue weighted by Crippen LogP contribution is -2.52. The lowest BCUT2D eigenvalue weighted by atomic mass is 10.1. The van der Waals surface area contributed by atoms with Crippen LogP contribution in [-0.4, -0.2) is 70.7 Å². The molecule has 6 nitrogen and oxygen atoms in total. The first-order valence-corrected chi connectivity index (χ1v) is 8.96. The minimum absolute atomic E-state index is 0.0612. The zero-order chi connectivity index (χ0) is 18.1. The van der Waals surface area contributed by atoms with E-state index in [0.29, 0.717) is 51.5 Å². The second-order valence-electron chi connectivity index (χ2n) is 8.38. The Hall–Kier alpha value is -1.59. The summed E-state index contributed by atoms with van der Waals surface area (Å²) < 4.78 is 0. The maximum absolute atomic E-state index is 12.7. The molecule has 0 aromatic carbocycles. The SMILES string of the molecule is CC(C)CC(=O)N1CCN(C(=O)C2CC(=O)N(C(C)(C)C)C2)CC1. The van der Waals surface area contributed by atoms with Crippen LogP contribution in [0.4, 0.5) is 0 Å². The van der Waals surface area contributed by atoms with Gasteiger partial charge in [-0.2, -0.15) is 0 Å². The summed E-state index contributed by atoms with van der Waals surface area (Å²) in [5.41, 5.74) is -0.242. The standard InChI is InChI=1S/C18H31N3O3/c1-13(2)10-15(22)19-6-8-20(9-7-19)17(24)14-11-16(23)21(12-14)18(3,4)5/h13-14H,6-12H2,1-5H3. The van der Waals surface area contributed by atoms with Crippen molar-refractivity contribution in [2.45, 2.75) is 53.0 Å². The molecule has 2 saturated heterocycles. The summed E-state index contributed by atoms with van der Waals surface area (Å²) in [6, 6.07) is 0. The van der Waals surface area contributed by atoms with Gasteiger partial charge in [0.25, 0.3) is 0 Å². The summed E-state index contributed by atoms with van der Waals surface area (Å²) in [7, 11) is 0. The molecule has 1 unspecified atom stereocenters. The highest BCUT2D eigenvalue weighted by Crippen LogP contribution is 2.27. The molecule has 2 aliphatic heterocycles. The average Bonchev–Trinajstić information content (AvgIpc) is 2.88. The number of hydrogen-bond acceptors (Lipinski definition) is 3. The first kappa shape index (κ1) is 18.7. The third kappa shape index (κ3) is 4.28. The summed E-state index contributed by atoms with van der Waals surface area (Å²) >= 11 is 0. The van der Waals surface area contributed by atoms with E-state index in [1.165, 1.54) is 0 Å². The van der Waals surface area contributed by atoms with Crippen LogP contribution in [0, 0.1) is 11.8 Å². The molecule has 3 amide bonds. The van der Waals surface area contributed by atoms with Gasteiger partial charge in [-0.1, -0.05) is 13.8 Å². The maximum Gasteiger partial charge on any atom is 0.228 e. The van der Waals surface area contributed by atoms with Crippen LogP contribution >= 0.6 is 0 Å². The van der Waals surface area contributed by atoms with Gasteiger partial charge in [-0.05, 0) is 26.7 Å². The van der Waals surface area contributed by atoms with Crippen LogP contribution in [0.3, 0.4) is 0 Å². The van der Waals surface area contributed by atoms with Crippen LogP contribution in [0.15, 0.2) is 0 Å². The fourth-order valence-electron chi connectivity index (χ4n) is 3.43. The quantitative estimate of drug-likeness (QED) is 0.781. The molecule has 6 heteroatoms. The Morgan fingerprint density at radius 1 is 1.08 bits per heavy atom. The van der Waals surface area contributed by atoms with Crippen LogP contribution in [0.25, 0.3) is 0 Å². The third-order valence-corrected chi connectivity index (χ3v) is 4.81. The van der Waals surface area contributed by atoms with Crippen LogP contribution in [-0.2, 0) is 14.4 Å². The maximum atomic E-state index is 12.7. The molecule has 2 aliphatic rings. The van der Waals surface area contributed by atoms with E-state index < -0.39 is 0 Å². The Labute approximate surface area is 145 Å². The minimum Gasteiger partial charge on any atom is -0.339 e. The van der Waals surface area contributed by atoms with E-state index in [4.69, 9.17) is 0 Å². The monoisotopic (exact) mass is 337 g/mol. The molecule has 0 bridgehead atoms. The molecule has 2 heterocycles. The number of carbonyl (C=O) groups excluding carboxylic acids is 3. The van der Waals surface area contributed by atoms with Crippen LogP contribution in [0.2, 0.25) is 0 Å². The third-order valence-electron chi connectivity index (χ3n) is 4.81. The van der Waals surface area contributed by atoms with Gasteiger partial charge in [-0.3, -0.25) is 14.4 Å². The van der Waals surface area contributed by atoms with Crippen molar-refractivity contribution in [3.05, 3.63) is 0 Å². The molecule has 0 spiro atoms. The predicted molar refractivity (Wildman–Crippen MR) is 92.2 cm³/mol. The lowest BCUT2D eigenvalue weighted by Gasteiger charge is -2.36. The van der Waals surface area contributed by atoms with Crippen molar-refractivity contribution in [2.24, 2.45) is 11.8 Å². The van der Waals surface area contributed by atoms with Gasteiger partial charge in [0.1, 0.15) is 0 Å². The Morgan fingerprint density at radius 2 is 1.62 bits per heavy atom. The average molecular weight is 337 g/mol. The number of nitrogens with zero attached hydrogens (tertiary/aromatic N) is 3. The largest absolute Gasteiger partial charge is 0.339 e. The summed E-state index contributed by atoms with van der Waals surface area (Å²) in [6.07, 6.45) is 0.869. The van der Waals surface area contributed by atoms with Crippen LogP contribution in [0.5, 0.6) is 0 Å². The van der Waals surface area contributed by atoms with Crippen molar-refractivity contribution in [3.63, 3.8) is 0 Å². The van der Waals surface area contributed by atoms with Crippen molar-refractivity contribution in [1.29, 1.82) is 0 Å². The molecule has 2 rings (SSSR count). The van der Waals surface area contributed by atoms with E-state index in [1.807, 2.05) is 44.4 Å². The topological polar surface area (TPSA) is 60.9 Å². The summed E-state index contributed by atoms with van der Waals surface area (Å²) in [5.74, 6) is 0.407. The molecule has 0 aliphatic carbocycles. The van der Waals surface area contributed by atoms with Gasteiger partial charge in [0, 0.05) is 51.1 Å². The predicted octanol–water partition coefficient (Wildman–Crippen LogP) is 1.35. The molecule has 0 aromatic rings. The normalized spacial score (nSPS) is 22.5. The van der Waals surface area contributed by atoms with Crippen molar-refractivity contribution in [3.8, 4) is 0 Å². The van der Waals surface area contributed by atoms with Gasteiger partial charge in [-0.25, -0.2) is 0 Å². The number of piperazine rings is 1. The van der Waals surface area contributed by atoms with Crippen molar-refractivity contribution >= 4 is 17.7 Å². The van der Waals surface area contributed by atoms with Crippen LogP contribution in [0.1, 0.15) is 47.5 Å². The fraction of sp³-hybridized carbons (Fsp3) is 0.833. The molecule has 24 heavy (non-hydrogen) atoms. The number of carbonyl (C=O) groups is 3. The van der Waals surface area contributed by atoms with Gasteiger partial charge < -0.3 is 14.7 Å². The van der Waals surface area contributed by atoms with Crippen LogP contribution < -0.4 is 0 Å². The van der Waals surface area contributed by atoms with E-state index in [-0.39, 0.29) is 29.2 Å². The summed E-state index contributed by atoms with van der Waals surface area (Å²) in [5, 5.41) is 0. The summed E-state index contributed by atoms with van der Waals surface area (Å²) in [4.78, 5) is 42.5. The van der Waals surface area contributed by atoms with Gasteiger partial charge in [0.2, 0.25) is 17.7 Å². The van der Waals surface area contributed by atoms with E-state index in [1.54, 1.807) is 4.90 Å². The Balaban J connectivity index is 1.88. The highest BCUT2D eigenvalue weighted by atomic mass is 16.2. The Kier molecular flexibility index (Phi) is 5.56. The fourth-order valence-corrected chi connectivity index (χ4v) is 3.43. The number of hydrogen-bond donors (Lipinski definition) is 0. The molecular weight excluding hydrogens is 306 g/mol. The molecular formula is C18H31N3O3. The van der Waals surface area contributed by atoms with Crippen molar-refractivity contribution in [2.75, 3.05) is 32.7 Å². The molecule has 2 fully saturated rings. The first-order chi connectivity index (χ1) is 11.1. The van der Waals surface area contributed by atoms with E-state index in [0.717, 1.165) is 0 Å². The smallest absolute Gasteiger partial charge is 0.228 e. The van der Waals surface area contributed by atoms with Crippen molar-refractivity contribution in [1.82, 2.24) is 14.7 Å². The highest BCUT2D eigenvalue weighted by Gasteiger charge is 2.41. The van der Waals surface area contributed by atoms with Gasteiger partial charge in [0.15, 0.2) is 0 Å². The number of amides is 3. The molecule has 136 valence electrons. The Morgan fingerprint density at radius 3 is 2.08 bits per heavy atom. The van der Waals surface area contributed by atoms with E-state index in [2.05, 4.69) is 0 Å². The molecule has 0 saturated carbocycles.